The first-order chi connectivity index (χ1) is 13.5. The lowest BCUT2D eigenvalue weighted by Crippen LogP contribution is -2.12. The zero-order valence-corrected chi connectivity index (χ0v) is 19.3. The minimum Gasteiger partial charge on any atom is -0.492 e. The van der Waals surface area contributed by atoms with E-state index in [4.69, 9.17) is 16.3 Å². The summed E-state index contributed by atoms with van der Waals surface area (Å²) >= 11 is 11.3. The van der Waals surface area contributed by atoms with Crippen molar-refractivity contribution in [3.05, 3.63) is 31.7 Å². The molecule has 0 unspecified atom stereocenters. The molecule has 1 aromatic heterocycles. The molecule has 1 aliphatic rings. The molecule has 1 N–H and O–H groups in total. The summed E-state index contributed by atoms with van der Waals surface area (Å²) in [6.07, 6.45) is 7.18. The van der Waals surface area contributed by atoms with Gasteiger partial charge in [0, 0.05) is 17.4 Å². The van der Waals surface area contributed by atoms with Crippen LogP contribution in [0.4, 0.5) is 5.13 Å². The molecule has 8 heteroatoms. The molecule has 0 bridgehead atoms. The van der Waals surface area contributed by atoms with E-state index >= 15 is 0 Å². The van der Waals surface area contributed by atoms with E-state index in [0.29, 0.717) is 30.5 Å². The number of hydrogen-bond acceptors (Lipinski definition) is 5. The molecule has 1 amide bonds. The SMILES string of the molecule is Cc1cc(OCCCC(=O)Nc2nnc(C3CCCCC3)s2)c(Br)c(C)c1Cl. The van der Waals surface area contributed by atoms with Crippen LogP contribution in [0.25, 0.3) is 0 Å². The number of halogens is 2. The molecule has 152 valence electrons. The predicted octanol–water partition coefficient (Wildman–Crippen LogP) is 6.42. The van der Waals surface area contributed by atoms with Gasteiger partial charge in [0.15, 0.2) is 0 Å². The average Bonchev–Trinajstić information content (AvgIpc) is 3.16. The summed E-state index contributed by atoms with van der Waals surface area (Å²) in [6, 6.07) is 1.91. The molecule has 0 saturated heterocycles. The number of carbonyl (C=O) groups excluding carboxylic acids is 1. The summed E-state index contributed by atoms with van der Waals surface area (Å²) in [7, 11) is 0. The molecule has 0 atom stereocenters. The van der Waals surface area contributed by atoms with E-state index < -0.39 is 0 Å². The van der Waals surface area contributed by atoms with E-state index in [9.17, 15) is 4.79 Å². The van der Waals surface area contributed by atoms with Crippen LogP contribution in [0.2, 0.25) is 5.02 Å². The maximum Gasteiger partial charge on any atom is 0.226 e. The van der Waals surface area contributed by atoms with Crippen LogP contribution >= 0.6 is 38.9 Å². The number of aryl methyl sites for hydroxylation is 1. The molecule has 0 spiro atoms. The van der Waals surface area contributed by atoms with Crippen molar-refractivity contribution >= 4 is 49.9 Å². The quantitative estimate of drug-likeness (QED) is 0.459. The number of ether oxygens (including phenoxy) is 1. The van der Waals surface area contributed by atoms with E-state index in [1.807, 2.05) is 19.9 Å². The molecule has 1 aliphatic carbocycles. The maximum atomic E-state index is 12.2. The van der Waals surface area contributed by atoms with Gasteiger partial charge >= 0.3 is 0 Å². The molecule has 5 nitrogen and oxygen atoms in total. The number of nitrogens with one attached hydrogen (secondary N) is 1. The van der Waals surface area contributed by atoms with Crippen molar-refractivity contribution < 1.29 is 9.53 Å². The third-order valence-corrected chi connectivity index (χ3v) is 7.58. The fourth-order valence-electron chi connectivity index (χ4n) is 3.40. The van der Waals surface area contributed by atoms with Crippen molar-refractivity contribution in [3.8, 4) is 5.75 Å². The Labute approximate surface area is 183 Å². The van der Waals surface area contributed by atoms with Crippen molar-refractivity contribution in [1.29, 1.82) is 0 Å². The predicted molar refractivity (Wildman–Crippen MR) is 118 cm³/mol. The van der Waals surface area contributed by atoms with Crippen LogP contribution in [-0.2, 0) is 4.79 Å². The summed E-state index contributed by atoms with van der Waals surface area (Å²) < 4.78 is 6.68. The van der Waals surface area contributed by atoms with Gasteiger partial charge in [-0.2, -0.15) is 0 Å². The number of carbonyl (C=O) groups is 1. The van der Waals surface area contributed by atoms with Crippen LogP contribution in [0, 0.1) is 13.8 Å². The Bertz CT molecular complexity index is 837. The van der Waals surface area contributed by atoms with Gasteiger partial charge in [-0.25, -0.2) is 0 Å². The van der Waals surface area contributed by atoms with Gasteiger partial charge in [0.25, 0.3) is 0 Å². The Balaban J connectivity index is 1.43. The number of nitrogens with zero attached hydrogens (tertiary/aromatic N) is 2. The van der Waals surface area contributed by atoms with Crippen LogP contribution in [-0.4, -0.2) is 22.7 Å². The fourth-order valence-corrected chi connectivity index (χ4v) is 5.02. The maximum absolute atomic E-state index is 12.2. The summed E-state index contributed by atoms with van der Waals surface area (Å²) in [5.74, 6) is 1.20. The zero-order chi connectivity index (χ0) is 20.1. The van der Waals surface area contributed by atoms with Gasteiger partial charge in [0.05, 0.1) is 11.1 Å². The first kappa shape index (κ1) is 21.5. The summed E-state index contributed by atoms with van der Waals surface area (Å²) in [4.78, 5) is 12.2. The third-order valence-electron chi connectivity index (χ3n) is 5.02. The molecule has 1 heterocycles. The van der Waals surface area contributed by atoms with E-state index in [-0.39, 0.29) is 5.91 Å². The second-order valence-electron chi connectivity index (χ2n) is 7.23. The standard InChI is InChI=1S/C20H25BrClN3O2S/c1-12-11-15(17(21)13(2)18(12)22)27-10-6-9-16(26)23-20-25-24-19(28-20)14-7-4-3-5-8-14/h11,14H,3-10H2,1-2H3,(H,23,25,26). The second kappa shape index (κ2) is 10.0. The van der Waals surface area contributed by atoms with Crippen molar-refractivity contribution in [2.24, 2.45) is 0 Å². The Morgan fingerprint density at radius 3 is 2.82 bits per heavy atom. The van der Waals surface area contributed by atoms with Gasteiger partial charge < -0.3 is 10.1 Å². The van der Waals surface area contributed by atoms with E-state index in [0.717, 1.165) is 31.4 Å². The van der Waals surface area contributed by atoms with Gasteiger partial charge in [-0.1, -0.05) is 42.2 Å². The monoisotopic (exact) mass is 485 g/mol. The van der Waals surface area contributed by atoms with Crippen molar-refractivity contribution in [3.63, 3.8) is 0 Å². The molecule has 3 rings (SSSR count). The van der Waals surface area contributed by atoms with Gasteiger partial charge in [-0.05, 0) is 66.2 Å². The topological polar surface area (TPSA) is 64.1 Å². The summed E-state index contributed by atoms with van der Waals surface area (Å²) in [5.41, 5.74) is 1.93. The number of hydrogen-bond donors (Lipinski definition) is 1. The van der Waals surface area contributed by atoms with Gasteiger partial charge in [0.2, 0.25) is 11.0 Å². The first-order valence-corrected chi connectivity index (χ1v) is 11.7. The number of benzene rings is 1. The molecular formula is C20H25BrClN3O2S. The molecule has 1 aromatic carbocycles. The lowest BCUT2D eigenvalue weighted by Gasteiger charge is -2.18. The van der Waals surface area contributed by atoms with Crippen LogP contribution in [0.3, 0.4) is 0 Å². The minimum absolute atomic E-state index is 0.0579. The highest BCUT2D eigenvalue weighted by Gasteiger charge is 2.20. The van der Waals surface area contributed by atoms with Crippen LogP contribution in [0.15, 0.2) is 10.5 Å². The lowest BCUT2D eigenvalue weighted by molar-refractivity contribution is -0.116. The Kier molecular flexibility index (Phi) is 7.71. The molecule has 1 saturated carbocycles. The van der Waals surface area contributed by atoms with Gasteiger partial charge in [-0.15, -0.1) is 10.2 Å². The number of rotatable bonds is 7. The van der Waals surface area contributed by atoms with Gasteiger partial charge in [0.1, 0.15) is 10.8 Å². The zero-order valence-electron chi connectivity index (χ0n) is 16.2. The van der Waals surface area contributed by atoms with Crippen molar-refractivity contribution in [2.75, 3.05) is 11.9 Å². The molecular weight excluding hydrogens is 462 g/mol. The van der Waals surface area contributed by atoms with Crippen molar-refractivity contribution in [1.82, 2.24) is 10.2 Å². The van der Waals surface area contributed by atoms with Crippen molar-refractivity contribution in [2.45, 2.75) is 64.7 Å². The Morgan fingerprint density at radius 2 is 2.07 bits per heavy atom. The highest BCUT2D eigenvalue weighted by Crippen LogP contribution is 2.36. The van der Waals surface area contributed by atoms with E-state index in [2.05, 4.69) is 31.4 Å². The minimum atomic E-state index is -0.0579. The van der Waals surface area contributed by atoms with E-state index in [1.54, 1.807) is 0 Å². The number of amides is 1. The van der Waals surface area contributed by atoms with E-state index in [1.165, 1.54) is 43.4 Å². The fraction of sp³-hybridized carbons (Fsp3) is 0.550. The molecule has 0 radical (unpaired) electrons. The largest absolute Gasteiger partial charge is 0.492 e. The number of anilines is 1. The highest BCUT2D eigenvalue weighted by molar-refractivity contribution is 9.10. The number of aromatic nitrogens is 2. The normalized spacial score (nSPS) is 14.9. The molecule has 1 fully saturated rings. The van der Waals surface area contributed by atoms with Crippen LogP contribution < -0.4 is 10.1 Å². The van der Waals surface area contributed by atoms with Crippen LogP contribution in [0.1, 0.15) is 67.0 Å². The Morgan fingerprint density at radius 1 is 1.32 bits per heavy atom. The second-order valence-corrected chi connectivity index (χ2v) is 9.41. The van der Waals surface area contributed by atoms with Crippen LogP contribution in [0.5, 0.6) is 5.75 Å². The summed E-state index contributed by atoms with van der Waals surface area (Å²) in [5, 5.41) is 13.7. The smallest absolute Gasteiger partial charge is 0.226 e. The van der Waals surface area contributed by atoms with Gasteiger partial charge in [-0.3, -0.25) is 4.79 Å². The molecule has 28 heavy (non-hydrogen) atoms. The highest BCUT2D eigenvalue weighted by atomic mass is 79.9. The molecule has 0 aliphatic heterocycles. The average molecular weight is 487 g/mol. The lowest BCUT2D eigenvalue weighted by atomic mass is 9.90. The first-order valence-electron chi connectivity index (χ1n) is 9.67. The summed E-state index contributed by atoms with van der Waals surface area (Å²) in [6.45, 7) is 4.35. The molecule has 2 aromatic rings. The third kappa shape index (κ3) is 5.45. The Hall–Kier alpha value is -1.18.